The van der Waals surface area contributed by atoms with Crippen LogP contribution < -0.4 is 5.73 Å². The highest BCUT2D eigenvalue weighted by Gasteiger charge is 2.44. The second kappa shape index (κ2) is 6.64. The summed E-state index contributed by atoms with van der Waals surface area (Å²) in [6.07, 6.45) is 8.44. The average molecular weight is 377 g/mol. The number of nitrogens with zero attached hydrogens (tertiary/aromatic N) is 2. The van der Waals surface area contributed by atoms with Crippen LogP contribution in [0.25, 0.3) is 0 Å². The van der Waals surface area contributed by atoms with E-state index < -0.39 is 0 Å². The van der Waals surface area contributed by atoms with E-state index in [1.165, 1.54) is 38.5 Å². The molecule has 0 bridgehead atoms. The molecule has 2 saturated carbocycles. The smallest absolute Gasteiger partial charge is 0.191 e. The summed E-state index contributed by atoms with van der Waals surface area (Å²) < 4.78 is 0. The molecule has 0 amide bonds. The van der Waals surface area contributed by atoms with Gasteiger partial charge in [0.1, 0.15) is 0 Å². The van der Waals surface area contributed by atoms with Gasteiger partial charge in [-0.2, -0.15) is 0 Å². The van der Waals surface area contributed by atoms with Crippen molar-refractivity contribution in [3.05, 3.63) is 0 Å². The number of nitrogens with two attached hydrogens (primary N) is 1. The zero-order chi connectivity index (χ0) is 12.5. The molecule has 0 aromatic rings. The summed E-state index contributed by atoms with van der Waals surface area (Å²) in [6.45, 7) is 5.51. The molecule has 1 aliphatic heterocycles. The number of likely N-dealkylation sites (tertiary alicyclic amines) is 1. The lowest BCUT2D eigenvalue weighted by molar-refractivity contribution is 0.264. The van der Waals surface area contributed by atoms with Crippen LogP contribution in [0.3, 0.4) is 0 Å². The zero-order valence-electron chi connectivity index (χ0n) is 12.1. The highest BCUT2D eigenvalue weighted by atomic mass is 127. The third kappa shape index (κ3) is 3.76. The summed E-state index contributed by atoms with van der Waals surface area (Å²) >= 11 is 0. The van der Waals surface area contributed by atoms with E-state index in [4.69, 9.17) is 5.73 Å². The Balaban J connectivity index is 0.00000133. The molecule has 0 aromatic carbocycles. The highest BCUT2D eigenvalue weighted by molar-refractivity contribution is 14.0. The van der Waals surface area contributed by atoms with Gasteiger partial charge in [0.05, 0.1) is 0 Å². The molecular weight excluding hydrogens is 349 g/mol. The van der Waals surface area contributed by atoms with E-state index in [1.54, 1.807) is 0 Å². The molecule has 2 aliphatic carbocycles. The van der Waals surface area contributed by atoms with Gasteiger partial charge in [0, 0.05) is 19.6 Å². The molecule has 4 heteroatoms. The van der Waals surface area contributed by atoms with Gasteiger partial charge in [0.2, 0.25) is 0 Å². The van der Waals surface area contributed by atoms with Crippen molar-refractivity contribution < 1.29 is 0 Å². The van der Waals surface area contributed by atoms with E-state index in [0.29, 0.717) is 0 Å². The zero-order valence-corrected chi connectivity index (χ0v) is 14.4. The number of aliphatic imine (C=N–C) groups is 1. The van der Waals surface area contributed by atoms with Crippen molar-refractivity contribution in [3.8, 4) is 0 Å². The second-order valence-corrected chi connectivity index (χ2v) is 6.74. The maximum atomic E-state index is 6.13. The van der Waals surface area contributed by atoms with E-state index >= 15 is 0 Å². The molecular formula is C15H28IN3. The molecule has 1 heterocycles. The fourth-order valence-electron chi connectivity index (χ4n) is 3.63. The average Bonchev–Trinajstić information content (AvgIpc) is 3.03. The number of guanidine groups is 1. The van der Waals surface area contributed by atoms with Crippen LogP contribution in [-0.2, 0) is 0 Å². The molecule has 19 heavy (non-hydrogen) atoms. The minimum absolute atomic E-state index is 0. The van der Waals surface area contributed by atoms with Gasteiger partial charge < -0.3 is 10.6 Å². The second-order valence-electron chi connectivity index (χ2n) is 6.74. The maximum absolute atomic E-state index is 6.13. The van der Waals surface area contributed by atoms with Gasteiger partial charge in [-0.15, -0.1) is 24.0 Å². The van der Waals surface area contributed by atoms with Gasteiger partial charge >= 0.3 is 0 Å². The summed E-state index contributed by atoms with van der Waals surface area (Å²) in [5, 5.41) is 0. The number of halogens is 1. The molecule has 3 fully saturated rings. The predicted molar refractivity (Wildman–Crippen MR) is 90.8 cm³/mol. The molecule has 0 aromatic heterocycles. The number of piperidine rings is 1. The molecule has 110 valence electrons. The van der Waals surface area contributed by atoms with E-state index in [1.807, 2.05) is 0 Å². The Bertz CT molecular complexity index is 327. The Labute approximate surface area is 134 Å². The Kier molecular flexibility index (Phi) is 5.37. The fraction of sp³-hybridized carbons (Fsp3) is 0.933. The third-order valence-corrected chi connectivity index (χ3v) is 5.20. The van der Waals surface area contributed by atoms with Crippen LogP contribution in [0.5, 0.6) is 0 Å². The molecule has 0 radical (unpaired) electrons. The molecule has 2 N–H and O–H groups in total. The van der Waals surface area contributed by atoms with Crippen LogP contribution in [0.2, 0.25) is 0 Å². The SMILES string of the molecule is CC1CCCN(C(N)=NC[C@@H]2C[C@H]2C2CCC2)C1.I. The largest absolute Gasteiger partial charge is 0.370 e. The Hall–Kier alpha value is 0. The molecule has 3 nitrogen and oxygen atoms in total. The van der Waals surface area contributed by atoms with Crippen molar-refractivity contribution in [2.24, 2.45) is 34.4 Å². The standard InChI is InChI=1S/C15H27N3.HI/c1-11-4-3-7-18(10-11)15(16)17-9-13-8-14(13)12-5-2-6-12;/h11-14H,2-10H2,1H3,(H2,16,17);1H/t11?,13-,14-;/m0./s1. The van der Waals surface area contributed by atoms with Crippen LogP contribution in [0, 0.1) is 23.7 Å². The first-order chi connectivity index (χ1) is 8.74. The van der Waals surface area contributed by atoms with Gasteiger partial charge in [0.25, 0.3) is 0 Å². The van der Waals surface area contributed by atoms with Gasteiger partial charge in [-0.3, -0.25) is 4.99 Å². The van der Waals surface area contributed by atoms with Crippen LogP contribution in [0.4, 0.5) is 0 Å². The Morgan fingerprint density at radius 3 is 2.68 bits per heavy atom. The van der Waals surface area contributed by atoms with Crippen molar-refractivity contribution in [1.29, 1.82) is 0 Å². The first kappa shape index (κ1) is 15.4. The monoisotopic (exact) mass is 377 g/mol. The van der Waals surface area contributed by atoms with Crippen molar-refractivity contribution in [2.45, 2.75) is 45.4 Å². The molecule has 3 rings (SSSR count). The van der Waals surface area contributed by atoms with Crippen LogP contribution in [-0.4, -0.2) is 30.5 Å². The summed E-state index contributed by atoms with van der Waals surface area (Å²) in [7, 11) is 0. The van der Waals surface area contributed by atoms with E-state index in [-0.39, 0.29) is 24.0 Å². The third-order valence-electron chi connectivity index (χ3n) is 5.20. The lowest BCUT2D eigenvalue weighted by atomic mass is 9.81. The number of hydrogen-bond donors (Lipinski definition) is 1. The van der Waals surface area contributed by atoms with Gasteiger partial charge in [-0.05, 0) is 42.9 Å². The van der Waals surface area contributed by atoms with Crippen molar-refractivity contribution in [2.75, 3.05) is 19.6 Å². The lowest BCUT2D eigenvalue weighted by Crippen LogP contribution is -2.43. The van der Waals surface area contributed by atoms with Crippen LogP contribution >= 0.6 is 24.0 Å². The minimum Gasteiger partial charge on any atom is -0.370 e. The summed E-state index contributed by atoms with van der Waals surface area (Å²) in [4.78, 5) is 6.94. The van der Waals surface area contributed by atoms with E-state index in [9.17, 15) is 0 Å². The maximum Gasteiger partial charge on any atom is 0.191 e. The predicted octanol–water partition coefficient (Wildman–Crippen LogP) is 3.09. The molecule has 1 unspecified atom stereocenters. The van der Waals surface area contributed by atoms with E-state index in [2.05, 4.69) is 16.8 Å². The lowest BCUT2D eigenvalue weighted by Gasteiger charge is -2.31. The molecule has 3 aliphatic rings. The highest BCUT2D eigenvalue weighted by Crippen LogP contribution is 2.51. The number of hydrogen-bond acceptors (Lipinski definition) is 1. The molecule has 1 saturated heterocycles. The normalized spacial score (nSPS) is 35.5. The number of rotatable bonds is 3. The summed E-state index contributed by atoms with van der Waals surface area (Å²) in [5.41, 5.74) is 6.13. The van der Waals surface area contributed by atoms with E-state index in [0.717, 1.165) is 49.3 Å². The quantitative estimate of drug-likeness (QED) is 0.467. The van der Waals surface area contributed by atoms with Gasteiger partial charge in [-0.25, -0.2) is 0 Å². The molecule has 0 spiro atoms. The Morgan fingerprint density at radius 1 is 1.26 bits per heavy atom. The van der Waals surface area contributed by atoms with Gasteiger partial charge in [0.15, 0.2) is 5.96 Å². The van der Waals surface area contributed by atoms with Crippen LogP contribution in [0.1, 0.15) is 45.4 Å². The fourth-order valence-corrected chi connectivity index (χ4v) is 3.63. The van der Waals surface area contributed by atoms with Crippen molar-refractivity contribution >= 4 is 29.9 Å². The van der Waals surface area contributed by atoms with Crippen molar-refractivity contribution in [1.82, 2.24) is 4.90 Å². The minimum atomic E-state index is 0. The van der Waals surface area contributed by atoms with Gasteiger partial charge in [-0.1, -0.05) is 26.2 Å². The summed E-state index contributed by atoms with van der Waals surface area (Å²) in [6, 6.07) is 0. The first-order valence-corrected chi connectivity index (χ1v) is 7.79. The van der Waals surface area contributed by atoms with Crippen LogP contribution in [0.15, 0.2) is 4.99 Å². The Morgan fingerprint density at radius 2 is 2.05 bits per heavy atom. The van der Waals surface area contributed by atoms with Crippen molar-refractivity contribution in [3.63, 3.8) is 0 Å². The molecule has 3 atom stereocenters. The first-order valence-electron chi connectivity index (χ1n) is 7.79. The summed E-state index contributed by atoms with van der Waals surface area (Å²) in [5.74, 6) is 4.48. The topological polar surface area (TPSA) is 41.6 Å².